The van der Waals surface area contributed by atoms with Gasteiger partial charge in [-0.2, -0.15) is 0 Å². The van der Waals surface area contributed by atoms with Crippen LogP contribution in [0.3, 0.4) is 0 Å². The van der Waals surface area contributed by atoms with Crippen molar-refractivity contribution in [3.8, 4) is 11.8 Å². The third kappa shape index (κ3) is 2.75. The number of alkyl carbamates (subject to hydrolysis) is 1. The number of nitrogens with one attached hydrogen (secondary N) is 1. The number of carbonyl (C=O) groups excluding carboxylic acids is 1. The molecule has 1 N–H and O–H groups in total. The van der Waals surface area contributed by atoms with E-state index in [1.807, 2.05) is 24.3 Å². The molecule has 3 rings (SSSR count). The van der Waals surface area contributed by atoms with Gasteiger partial charge in [0.25, 0.3) is 0 Å². The van der Waals surface area contributed by atoms with Gasteiger partial charge in [-0.1, -0.05) is 18.1 Å². The van der Waals surface area contributed by atoms with Crippen LogP contribution in [0.4, 0.5) is 4.79 Å². The molecular formula is C15H11N3O2. The highest BCUT2D eigenvalue weighted by Gasteiger charge is 2.23. The highest BCUT2D eigenvalue weighted by Crippen LogP contribution is 2.18. The molecule has 1 aliphatic rings. The number of ether oxygens (including phenoxy) is 1. The van der Waals surface area contributed by atoms with E-state index >= 15 is 0 Å². The van der Waals surface area contributed by atoms with E-state index in [1.165, 1.54) is 0 Å². The predicted molar refractivity (Wildman–Crippen MR) is 71.7 cm³/mol. The summed E-state index contributed by atoms with van der Waals surface area (Å²) in [5.41, 5.74) is 2.45. The second kappa shape index (κ2) is 5.41. The molecule has 1 aromatic carbocycles. The highest BCUT2D eigenvalue weighted by atomic mass is 16.6. The van der Waals surface area contributed by atoms with Crippen molar-refractivity contribution >= 4 is 6.09 Å². The van der Waals surface area contributed by atoms with E-state index in [-0.39, 0.29) is 12.1 Å². The number of hydrogen-bond donors (Lipinski definition) is 1. The maximum absolute atomic E-state index is 11.0. The zero-order valence-corrected chi connectivity index (χ0v) is 10.5. The summed E-state index contributed by atoms with van der Waals surface area (Å²) >= 11 is 0. The molecule has 0 aliphatic carbocycles. The largest absolute Gasteiger partial charge is 0.447 e. The molecule has 1 aromatic heterocycles. The molecule has 1 aliphatic heterocycles. The topological polar surface area (TPSA) is 64.1 Å². The van der Waals surface area contributed by atoms with Crippen molar-refractivity contribution in [1.29, 1.82) is 0 Å². The Hall–Kier alpha value is -2.87. The third-order valence-electron chi connectivity index (χ3n) is 2.86. The fraction of sp³-hybridized carbons (Fsp3) is 0.133. The van der Waals surface area contributed by atoms with Crippen molar-refractivity contribution in [2.24, 2.45) is 0 Å². The van der Waals surface area contributed by atoms with E-state index in [0.29, 0.717) is 12.3 Å². The maximum atomic E-state index is 11.0. The molecular weight excluding hydrogens is 254 g/mol. The van der Waals surface area contributed by atoms with Gasteiger partial charge in [-0.15, -0.1) is 0 Å². The van der Waals surface area contributed by atoms with Crippen LogP contribution in [0, 0.1) is 11.8 Å². The smallest absolute Gasteiger partial charge is 0.407 e. The first-order valence-corrected chi connectivity index (χ1v) is 6.12. The summed E-state index contributed by atoms with van der Waals surface area (Å²) in [4.78, 5) is 19.1. The highest BCUT2D eigenvalue weighted by molar-refractivity contribution is 5.70. The molecule has 1 atom stereocenters. The first-order valence-electron chi connectivity index (χ1n) is 6.12. The number of aromatic nitrogens is 2. The van der Waals surface area contributed by atoms with Gasteiger partial charge < -0.3 is 10.1 Å². The third-order valence-corrected chi connectivity index (χ3v) is 2.86. The quantitative estimate of drug-likeness (QED) is 0.796. The summed E-state index contributed by atoms with van der Waals surface area (Å²) in [5, 5.41) is 2.74. The van der Waals surface area contributed by atoms with Crippen molar-refractivity contribution in [2.75, 3.05) is 6.61 Å². The number of carbonyl (C=O) groups is 1. The van der Waals surface area contributed by atoms with Crippen molar-refractivity contribution in [3.05, 3.63) is 59.7 Å². The summed E-state index contributed by atoms with van der Waals surface area (Å²) in [5.74, 6) is 5.98. The molecule has 20 heavy (non-hydrogen) atoms. The summed E-state index contributed by atoms with van der Waals surface area (Å²) in [6, 6.07) is 7.57. The molecule has 1 amide bonds. The fourth-order valence-corrected chi connectivity index (χ4v) is 1.90. The first kappa shape index (κ1) is 12.2. The Bertz CT molecular complexity index is 689. The van der Waals surface area contributed by atoms with Gasteiger partial charge in [0, 0.05) is 18.0 Å². The zero-order valence-electron chi connectivity index (χ0n) is 10.5. The fourth-order valence-electron chi connectivity index (χ4n) is 1.90. The molecule has 1 fully saturated rings. The number of benzene rings is 1. The van der Waals surface area contributed by atoms with Gasteiger partial charge in [0.2, 0.25) is 0 Å². The molecule has 1 saturated heterocycles. The monoisotopic (exact) mass is 265 g/mol. The molecule has 5 heteroatoms. The van der Waals surface area contributed by atoms with Gasteiger partial charge >= 0.3 is 6.09 Å². The molecule has 98 valence electrons. The average Bonchev–Trinajstić information content (AvgIpc) is 2.93. The average molecular weight is 265 g/mol. The molecule has 2 heterocycles. The van der Waals surface area contributed by atoms with Crippen LogP contribution in [0.5, 0.6) is 0 Å². The number of nitrogens with zero attached hydrogens (tertiary/aromatic N) is 2. The normalized spacial score (nSPS) is 16.8. The summed E-state index contributed by atoms with van der Waals surface area (Å²) < 4.78 is 4.88. The minimum absolute atomic E-state index is 0.110. The minimum atomic E-state index is -0.383. The molecule has 0 saturated carbocycles. The first-order chi connectivity index (χ1) is 9.81. The van der Waals surface area contributed by atoms with Gasteiger partial charge in [0.05, 0.1) is 12.2 Å². The second-order valence-corrected chi connectivity index (χ2v) is 4.26. The Morgan fingerprint density at radius 3 is 3.00 bits per heavy atom. The molecule has 0 bridgehead atoms. The standard InChI is InChI=1S/C15H11N3O2/c19-15-18-14(10-20-15)12-3-1-2-11(8-12)4-5-13-9-16-6-7-17-13/h1-3,6-9,14H,10H2,(H,18,19)/t14-/m0/s1. The van der Waals surface area contributed by atoms with Gasteiger partial charge in [-0.25, -0.2) is 9.78 Å². The van der Waals surface area contributed by atoms with Crippen LogP contribution < -0.4 is 5.32 Å². The van der Waals surface area contributed by atoms with E-state index in [4.69, 9.17) is 4.74 Å². The van der Waals surface area contributed by atoms with Crippen LogP contribution in [0.25, 0.3) is 0 Å². The van der Waals surface area contributed by atoms with Crippen molar-refractivity contribution < 1.29 is 9.53 Å². The number of rotatable bonds is 1. The van der Waals surface area contributed by atoms with E-state index < -0.39 is 0 Å². The van der Waals surface area contributed by atoms with Crippen molar-refractivity contribution in [2.45, 2.75) is 6.04 Å². The van der Waals surface area contributed by atoms with Crippen LogP contribution in [-0.4, -0.2) is 22.7 Å². The Morgan fingerprint density at radius 1 is 1.30 bits per heavy atom. The van der Waals surface area contributed by atoms with E-state index in [9.17, 15) is 4.79 Å². The van der Waals surface area contributed by atoms with Crippen LogP contribution >= 0.6 is 0 Å². The summed E-state index contributed by atoms with van der Waals surface area (Å²) in [6.07, 6.45) is 4.44. The molecule has 0 unspecified atom stereocenters. The number of amides is 1. The van der Waals surface area contributed by atoms with E-state index in [2.05, 4.69) is 27.1 Å². The van der Waals surface area contributed by atoms with Gasteiger partial charge in [-0.05, 0) is 23.6 Å². The molecule has 5 nitrogen and oxygen atoms in total. The van der Waals surface area contributed by atoms with Crippen molar-refractivity contribution in [3.63, 3.8) is 0 Å². The van der Waals surface area contributed by atoms with Crippen LogP contribution in [0.1, 0.15) is 22.9 Å². The Balaban J connectivity index is 1.82. The molecule has 2 aromatic rings. The number of cyclic esters (lactones) is 1. The van der Waals surface area contributed by atoms with Gasteiger partial charge in [-0.3, -0.25) is 4.98 Å². The Kier molecular flexibility index (Phi) is 3.29. The lowest BCUT2D eigenvalue weighted by Gasteiger charge is -2.07. The molecule has 0 radical (unpaired) electrons. The second-order valence-electron chi connectivity index (χ2n) is 4.26. The Morgan fingerprint density at radius 2 is 2.25 bits per heavy atom. The van der Waals surface area contributed by atoms with Crippen LogP contribution in [0.15, 0.2) is 42.9 Å². The SMILES string of the molecule is O=C1N[C@H](c2cccc(C#Cc3cnccn3)c2)CO1. The lowest BCUT2D eigenvalue weighted by molar-refractivity contribution is 0.177. The van der Waals surface area contributed by atoms with Gasteiger partial charge in [0.15, 0.2) is 0 Å². The minimum Gasteiger partial charge on any atom is -0.447 e. The number of hydrogen-bond acceptors (Lipinski definition) is 4. The van der Waals surface area contributed by atoms with Gasteiger partial charge in [0.1, 0.15) is 12.3 Å². The lowest BCUT2D eigenvalue weighted by Crippen LogP contribution is -2.18. The lowest BCUT2D eigenvalue weighted by atomic mass is 10.1. The maximum Gasteiger partial charge on any atom is 0.407 e. The predicted octanol–water partition coefficient (Wildman–Crippen LogP) is 1.66. The van der Waals surface area contributed by atoms with E-state index in [0.717, 1.165) is 11.1 Å². The van der Waals surface area contributed by atoms with Crippen LogP contribution in [0.2, 0.25) is 0 Å². The van der Waals surface area contributed by atoms with E-state index in [1.54, 1.807) is 18.6 Å². The summed E-state index contributed by atoms with van der Waals surface area (Å²) in [7, 11) is 0. The van der Waals surface area contributed by atoms with Crippen LogP contribution in [-0.2, 0) is 4.74 Å². The molecule has 0 spiro atoms. The zero-order chi connectivity index (χ0) is 13.8. The van der Waals surface area contributed by atoms with Crippen molar-refractivity contribution in [1.82, 2.24) is 15.3 Å². The Labute approximate surface area is 116 Å². The summed E-state index contributed by atoms with van der Waals surface area (Å²) in [6.45, 7) is 0.347.